The Morgan fingerprint density at radius 2 is 1.63 bits per heavy atom. The van der Waals surface area contributed by atoms with E-state index in [9.17, 15) is 4.79 Å². The summed E-state index contributed by atoms with van der Waals surface area (Å²) in [5.41, 5.74) is 5.69. The lowest BCUT2D eigenvalue weighted by molar-refractivity contribution is -0.127. The van der Waals surface area contributed by atoms with Crippen molar-refractivity contribution in [1.82, 2.24) is 5.32 Å². The molecule has 112 valence electrons. The number of hydrogen-bond acceptors (Lipinski definition) is 2. The Bertz CT molecular complexity index is 302. The molecule has 0 aromatic carbocycles. The standard InChI is InChI=1S/C16H32N2O/c1-6-15(3,4)12-8-10-13(11-9-12)18-14(19)16(5,17)7-2/h12-13H,6-11,17H2,1-5H3,(H,18,19). The van der Waals surface area contributed by atoms with Crippen LogP contribution in [0.4, 0.5) is 0 Å². The van der Waals surface area contributed by atoms with Crippen molar-refractivity contribution in [3.8, 4) is 0 Å². The van der Waals surface area contributed by atoms with E-state index in [4.69, 9.17) is 5.73 Å². The molecule has 3 N–H and O–H groups in total. The molecule has 1 unspecified atom stereocenters. The number of nitrogens with two attached hydrogens (primary N) is 1. The fraction of sp³-hybridized carbons (Fsp3) is 0.938. The third-order valence-corrected chi connectivity index (χ3v) is 5.33. The van der Waals surface area contributed by atoms with Gasteiger partial charge in [0.25, 0.3) is 0 Å². The first-order valence-electron chi connectivity index (χ1n) is 7.82. The lowest BCUT2D eigenvalue weighted by Gasteiger charge is -2.39. The first-order chi connectivity index (χ1) is 8.73. The Morgan fingerprint density at radius 3 is 2.05 bits per heavy atom. The van der Waals surface area contributed by atoms with Gasteiger partial charge in [0.15, 0.2) is 0 Å². The van der Waals surface area contributed by atoms with E-state index in [-0.39, 0.29) is 5.91 Å². The Morgan fingerprint density at radius 1 is 1.11 bits per heavy atom. The number of rotatable bonds is 5. The predicted molar refractivity (Wildman–Crippen MR) is 80.8 cm³/mol. The zero-order chi connectivity index (χ0) is 14.7. The van der Waals surface area contributed by atoms with E-state index in [1.165, 1.54) is 19.3 Å². The van der Waals surface area contributed by atoms with Crippen molar-refractivity contribution in [2.45, 2.75) is 84.7 Å². The number of nitrogens with one attached hydrogen (secondary N) is 1. The van der Waals surface area contributed by atoms with E-state index in [1.807, 2.05) is 13.8 Å². The fourth-order valence-electron chi connectivity index (χ4n) is 2.82. The summed E-state index contributed by atoms with van der Waals surface area (Å²) >= 11 is 0. The van der Waals surface area contributed by atoms with E-state index < -0.39 is 5.54 Å². The van der Waals surface area contributed by atoms with Crippen LogP contribution in [0.25, 0.3) is 0 Å². The maximum atomic E-state index is 12.1. The third kappa shape index (κ3) is 4.20. The van der Waals surface area contributed by atoms with Crippen molar-refractivity contribution < 1.29 is 4.79 Å². The minimum atomic E-state index is -0.723. The summed E-state index contributed by atoms with van der Waals surface area (Å²) in [6, 6.07) is 0.325. The summed E-state index contributed by atoms with van der Waals surface area (Å²) in [5.74, 6) is 0.800. The van der Waals surface area contributed by atoms with Gasteiger partial charge >= 0.3 is 0 Å². The summed E-state index contributed by atoms with van der Waals surface area (Å²) in [4.78, 5) is 12.1. The molecule has 3 nitrogen and oxygen atoms in total. The molecule has 0 heterocycles. The molecular formula is C16H32N2O. The van der Waals surface area contributed by atoms with Gasteiger partial charge in [-0.2, -0.15) is 0 Å². The van der Waals surface area contributed by atoms with Crippen LogP contribution in [0.1, 0.15) is 73.1 Å². The van der Waals surface area contributed by atoms with Crippen LogP contribution in [0.5, 0.6) is 0 Å². The first-order valence-corrected chi connectivity index (χ1v) is 7.82. The molecule has 0 aromatic heterocycles. The van der Waals surface area contributed by atoms with Gasteiger partial charge in [0.05, 0.1) is 5.54 Å². The van der Waals surface area contributed by atoms with Gasteiger partial charge in [0.1, 0.15) is 0 Å². The molecule has 1 atom stereocenters. The molecule has 19 heavy (non-hydrogen) atoms. The highest BCUT2D eigenvalue weighted by Crippen LogP contribution is 2.40. The minimum absolute atomic E-state index is 0.00759. The number of carbonyl (C=O) groups excluding carboxylic acids is 1. The number of amides is 1. The molecule has 1 saturated carbocycles. The van der Waals surface area contributed by atoms with Gasteiger partial charge in [-0.3, -0.25) is 4.79 Å². The zero-order valence-corrected chi connectivity index (χ0v) is 13.4. The topological polar surface area (TPSA) is 55.1 Å². The smallest absolute Gasteiger partial charge is 0.239 e. The van der Waals surface area contributed by atoms with Crippen LogP contribution in [-0.4, -0.2) is 17.5 Å². The molecule has 3 heteroatoms. The second-order valence-electron chi connectivity index (χ2n) is 7.14. The van der Waals surface area contributed by atoms with Gasteiger partial charge in [-0.1, -0.05) is 34.1 Å². The third-order valence-electron chi connectivity index (χ3n) is 5.33. The van der Waals surface area contributed by atoms with Crippen molar-refractivity contribution >= 4 is 5.91 Å². The SMILES string of the molecule is CCC(C)(N)C(=O)NC1CCC(C(C)(C)CC)CC1. The van der Waals surface area contributed by atoms with Gasteiger partial charge in [0.2, 0.25) is 5.91 Å². The highest BCUT2D eigenvalue weighted by molar-refractivity contribution is 5.85. The van der Waals surface area contributed by atoms with Crippen LogP contribution in [0.3, 0.4) is 0 Å². The minimum Gasteiger partial charge on any atom is -0.352 e. The summed E-state index contributed by atoms with van der Waals surface area (Å²) in [5, 5.41) is 3.14. The van der Waals surface area contributed by atoms with Crippen LogP contribution in [-0.2, 0) is 4.79 Å². The average Bonchev–Trinajstić information content (AvgIpc) is 2.39. The number of carbonyl (C=O) groups is 1. The summed E-state index contributed by atoms with van der Waals surface area (Å²) in [7, 11) is 0. The van der Waals surface area contributed by atoms with Crippen molar-refractivity contribution in [1.29, 1.82) is 0 Å². The average molecular weight is 268 g/mol. The van der Waals surface area contributed by atoms with E-state index in [0.717, 1.165) is 18.8 Å². The molecule has 1 rings (SSSR count). The van der Waals surface area contributed by atoms with Crippen LogP contribution < -0.4 is 11.1 Å². The largest absolute Gasteiger partial charge is 0.352 e. The second kappa shape index (κ2) is 6.25. The monoisotopic (exact) mass is 268 g/mol. The van der Waals surface area contributed by atoms with Gasteiger partial charge in [-0.25, -0.2) is 0 Å². The van der Waals surface area contributed by atoms with E-state index in [2.05, 4.69) is 26.1 Å². The van der Waals surface area contributed by atoms with Crippen molar-refractivity contribution in [3.05, 3.63) is 0 Å². The quantitative estimate of drug-likeness (QED) is 0.804. The highest BCUT2D eigenvalue weighted by Gasteiger charge is 2.34. The van der Waals surface area contributed by atoms with Crippen LogP contribution in [0, 0.1) is 11.3 Å². The summed E-state index contributed by atoms with van der Waals surface area (Å²) in [6.07, 6.45) is 6.54. The van der Waals surface area contributed by atoms with E-state index >= 15 is 0 Å². The van der Waals surface area contributed by atoms with Gasteiger partial charge in [0, 0.05) is 6.04 Å². The first kappa shape index (κ1) is 16.5. The maximum absolute atomic E-state index is 12.1. The molecule has 1 aliphatic carbocycles. The predicted octanol–water partition coefficient (Wildman–Crippen LogP) is 3.23. The molecule has 0 spiro atoms. The molecular weight excluding hydrogens is 236 g/mol. The van der Waals surface area contributed by atoms with Crippen molar-refractivity contribution in [3.63, 3.8) is 0 Å². The molecule has 1 aliphatic rings. The lowest BCUT2D eigenvalue weighted by atomic mass is 9.69. The highest BCUT2D eigenvalue weighted by atomic mass is 16.2. The zero-order valence-electron chi connectivity index (χ0n) is 13.4. The lowest BCUT2D eigenvalue weighted by Crippen LogP contribution is -2.54. The maximum Gasteiger partial charge on any atom is 0.239 e. The molecule has 0 aliphatic heterocycles. The van der Waals surface area contributed by atoms with Crippen LogP contribution in [0.2, 0.25) is 0 Å². The van der Waals surface area contributed by atoms with Gasteiger partial charge in [-0.05, 0) is 50.4 Å². The van der Waals surface area contributed by atoms with Crippen LogP contribution in [0.15, 0.2) is 0 Å². The van der Waals surface area contributed by atoms with Gasteiger partial charge in [-0.15, -0.1) is 0 Å². The molecule has 0 saturated heterocycles. The second-order valence-corrected chi connectivity index (χ2v) is 7.14. The fourth-order valence-corrected chi connectivity index (χ4v) is 2.82. The Kier molecular flexibility index (Phi) is 5.43. The van der Waals surface area contributed by atoms with Crippen molar-refractivity contribution in [2.24, 2.45) is 17.1 Å². The number of hydrogen-bond donors (Lipinski definition) is 2. The molecule has 0 radical (unpaired) electrons. The molecule has 0 aromatic rings. The molecule has 1 amide bonds. The molecule has 0 bridgehead atoms. The van der Waals surface area contributed by atoms with E-state index in [1.54, 1.807) is 0 Å². The molecule has 1 fully saturated rings. The Labute approximate surface area is 118 Å². The van der Waals surface area contributed by atoms with E-state index in [0.29, 0.717) is 17.9 Å². The van der Waals surface area contributed by atoms with Crippen molar-refractivity contribution in [2.75, 3.05) is 0 Å². The normalized spacial score (nSPS) is 27.7. The summed E-state index contributed by atoms with van der Waals surface area (Å²) < 4.78 is 0. The summed E-state index contributed by atoms with van der Waals surface area (Å²) in [6.45, 7) is 10.8. The van der Waals surface area contributed by atoms with Crippen LogP contribution >= 0.6 is 0 Å². The Balaban J connectivity index is 2.45. The Hall–Kier alpha value is -0.570. The van der Waals surface area contributed by atoms with Gasteiger partial charge < -0.3 is 11.1 Å².